The summed E-state index contributed by atoms with van der Waals surface area (Å²) in [6.45, 7) is 2.10. The van der Waals surface area contributed by atoms with E-state index in [2.05, 4.69) is 10.6 Å². The quantitative estimate of drug-likeness (QED) is 0.683. The van der Waals surface area contributed by atoms with Gasteiger partial charge in [-0.1, -0.05) is 48.5 Å². The van der Waals surface area contributed by atoms with Crippen LogP contribution >= 0.6 is 0 Å². The van der Waals surface area contributed by atoms with Gasteiger partial charge in [0, 0.05) is 18.5 Å². The average molecular weight is 384 g/mol. The van der Waals surface area contributed by atoms with E-state index in [1.165, 1.54) is 0 Å². The predicted molar refractivity (Wildman–Crippen MR) is 104 cm³/mol. The van der Waals surface area contributed by atoms with E-state index in [9.17, 15) is 14.4 Å². The Kier molecular flexibility index (Phi) is 8.02. The molecule has 7 nitrogen and oxygen atoms in total. The fraction of sp³-hybridized carbons (Fsp3) is 0.286. The molecule has 0 heterocycles. The molecule has 0 aliphatic heterocycles. The van der Waals surface area contributed by atoms with Crippen molar-refractivity contribution >= 4 is 17.9 Å². The molecule has 0 radical (unpaired) electrons. The fourth-order valence-corrected chi connectivity index (χ4v) is 2.62. The van der Waals surface area contributed by atoms with Crippen LogP contribution in [0.25, 0.3) is 0 Å². The molecule has 28 heavy (non-hydrogen) atoms. The summed E-state index contributed by atoms with van der Waals surface area (Å²) >= 11 is 0. The zero-order valence-electron chi connectivity index (χ0n) is 15.9. The Morgan fingerprint density at radius 3 is 2.36 bits per heavy atom. The van der Waals surface area contributed by atoms with Gasteiger partial charge in [0.1, 0.15) is 5.75 Å². The molecule has 0 spiro atoms. The van der Waals surface area contributed by atoms with Crippen molar-refractivity contribution in [2.75, 3.05) is 13.7 Å². The van der Waals surface area contributed by atoms with E-state index in [1.807, 2.05) is 24.3 Å². The number of benzene rings is 2. The van der Waals surface area contributed by atoms with E-state index >= 15 is 0 Å². The highest BCUT2D eigenvalue weighted by Crippen LogP contribution is 2.21. The third kappa shape index (κ3) is 6.12. The minimum Gasteiger partial charge on any atom is -0.496 e. The van der Waals surface area contributed by atoms with Crippen molar-refractivity contribution in [1.29, 1.82) is 0 Å². The third-order valence-electron chi connectivity index (χ3n) is 3.95. The molecule has 3 amide bonds. The van der Waals surface area contributed by atoms with Crippen LogP contribution in [-0.2, 0) is 20.7 Å². The number of hydrogen-bond donors (Lipinski definition) is 2. The number of methoxy groups -OCH3 is 1. The normalized spacial score (nSPS) is 11.2. The predicted octanol–water partition coefficient (Wildman–Crippen LogP) is 2.76. The van der Waals surface area contributed by atoms with Gasteiger partial charge >= 0.3 is 12.0 Å². The summed E-state index contributed by atoms with van der Waals surface area (Å²) in [4.78, 5) is 36.5. The lowest BCUT2D eigenvalue weighted by molar-refractivity contribution is -0.156. The molecule has 0 bridgehead atoms. The first-order valence-corrected chi connectivity index (χ1v) is 9.00. The molecule has 7 heteroatoms. The first-order valence-electron chi connectivity index (χ1n) is 9.00. The van der Waals surface area contributed by atoms with E-state index in [1.54, 1.807) is 44.4 Å². The highest BCUT2D eigenvalue weighted by atomic mass is 16.5. The van der Waals surface area contributed by atoms with Gasteiger partial charge in [0.05, 0.1) is 7.11 Å². The second-order valence-electron chi connectivity index (χ2n) is 5.94. The fourth-order valence-electron chi connectivity index (χ4n) is 2.62. The molecule has 2 N–H and O–H groups in total. The summed E-state index contributed by atoms with van der Waals surface area (Å²) in [6, 6.07) is 15.3. The van der Waals surface area contributed by atoms with E-state index in [0.717, 1.165) is 5.56 Å². The number of ether oxygens (including phenoxy) is 2. The summed E-state index contributed by atoms with van der Waals surface area (Å²) in [6.07, 6.45) is -0.741. The minimum absolute atomic E-state index is 0.0676. The zero-order chi connectivity index (χ0) is 20.4. The molecule has 0 aromatic heterocycles. The Morgan fingerprint density at radius 1 is 1.00 bits per heavy atom. The molecule has 0 aliphatic rings. The molecular formula is C21H24N2O5. The Balaban J connectivity index is 2.06. The Hall–Kier alpha value is -3.35. The van der Waals surface area contributed by atoms with Gasteiger partial charge in [-0.15, -0.1) is 0 Å². The van der Waals surface area contributed by atoms with Crippen molar-refractivity contribution < 1.29 is 23.9 Å². The largest absolute Gasteiger partial charge is 0.496 e. The monoisotopic (exact) mass is 384 g/mol. The summed E-state index contributed by atoms with van der Waals surface area (Å²) in [5, 5.41) is 4.66. The second-order valence-corrected chi connectivity index (χ2v) is 5.94. The number of para-hydroxylation sites is 1. The minimum atomic E-state index is -1.21. The number of imide groups is 1. The molecule has 0 fully saturated rings. The molecule has 148 valence electrons. The number of carbonyl (C=O) groups excluding carboxylic acids is 3. The summed E-state index contributed by atoms with van der Waals surface area (Å²) in [7, 11) is 1.56. The number of carbonyl (C=O) groups is 3. The maximum atomic E-state index is 12.5. The summed E-state index contributed by atoms with van der Waals surface area (Å²) in [5.74, 6) is -0.572. The molecule has 2 aromatic rings. The van der Waals surface area contributed by atoms with Crippen LogP contribution in [0.15, 0.2) is 54.6 Å². The molecule has 0 saturated carbocycles. The van der Waals surface area contributed by atoms with Gasteiger partial charge in [0.2, 0.25) is 6.10 Å². The number of urea groups is 1. The van der Waals surface area contributed by atoms with Crippen LogP contribution in [0.4, 0.5) is 4.79 Å². The number of hydrogen-bond acceptors (Lipinski definition) is 5. The SMILES string of the molecule is CCNC(=O)NC(=O)C(OC(=O)CCc1ccccc1OC)c1ccccc1. The van der Waals surface area contributed by atoms with Crippen LogP contribution in [0, 0.1) is 0 Å². The zero-order valence-corrected chi connectivity index (χ0v) is 15.9. The smallest absolute Gasteiger partial charge is 0.321 e. The summed E-state index contributed by atoms with van der Waals surface area (Å²) < 4.78 is 10.7. The van der Waals surface area contributed by atoms with E-state index in [4.69, 9.17) is 9.47 Å². The van der Waals surface area contributed by atoms with Crippen LogP contribution in [0.5, 0.6) is 5.75 Å². The van der Waals surface area contributed by atoms with Crippen molar-refractivity contribution in [2.45, 2.75) is 25.9 Å². The molecule has 0 saturated heterocycles. The highest BCUT2D eigenvalue weighted by Gasteiger charge is 2.26. The van der Waals surface area contributed by atoms with Gasteiger partial charge in [0.25, 0.3) is 5.91 Å². The third-order valence-corrected chi connectivity index (χ3v) is 3.95. The number of nitrogens with one attached hydrogen (secondary N) is 2. The molecule has 2 aromatic carbocycles. The first-order chi connectivity index (χ1) is 13.5. The number of esters is 1. The van der Waals surface area contributed by atoms with Crippen molar-refractivity contribution in [2.24, 2.45) is 0 Å². The Morgan fingerprint density at radius 2 is 1.68 bits per heavy atom. The van der Waals surface area contributed by atoms with Crippen LogP contribution in [0.3, 0.4) is 0 Å². The lowest BCUT2D eigenvalue weighted by Gasteiger charge is -2.18. The molecule has 1 unspecified atom stereocenters. The van der Waals surface area contributed by atoms with Crippen LogP contribution in [0.1, 0.15) is 30.6 Å². The van der Waals surface area contributed by atoms with Gasteiger partial charge in [0.15, 0.2) is 0 Å². The average Bonchev–Trinajstić information content (AvgIpc) is 2.71. The van der Waals surface area contributed by atoms with Gasteiger partial charge in [-0.05, 0) is 25.0 Å². The van der Waals surface area contributed by atoms with Crippen molar-refractivity contribution in [3.8, 4) is 5.75 Å². The summed E-state index contributed by atoms with van der Waals surface area (Å²) in [5.41, 5.74) is 1.35. The lowest BCUT2D eigenvalue weighted by atomic mass is 10.1. The molecular weight excluding hydrogens is 360 g/mol. The van der Waals surface area contributed by atoms with Gasteiger partial charge in [-0.2, -0.15) is 0 Å². The maximum absolute atomic E-state index is 12.5. The van der Waals surface area contributed by atoms with E-state index in [0.29, 0.717) is 24.3 Å². The van der Waals surface area contributed by atoms with Crippen LogP contribution in [-0.4, -0.2) is 31.6 Å². The van der Waals surface area contributed by atoms with Gasteiger partial charge in [-0.25, -0.2) is 4.79 Å². The van der Waals surface area contributed by atoms with Gasteiger partial charge in [-0.3, -0.25) is 14.9 Å². The standard InChI is InChI=1S/C21H24N2O5/c1-3-22-21(26)23-20(25)19(16-10-5-4-6-11-16)28-18(24)14-13-15-9-7-8-12-17(15)27-2/h4-12,19H,3,13-14H2,1-2H3,(H2,22,23,25,26). The molecule has 2 rings (SSSR count). The van der Waals surface area contributed by atoms with Crippen molar-refractivity contribution in [3.63, 3.8) is 0 Å². The maximum Gasteiger partial charge on any atom is 0.321 e. The second kappa shape index (κ2) is 10.7. The lowest BCUT2D eigenvalue weighted by Crippen LogP contribution is -2.42. The Labute approximate surface area is 164 Å². The van der Waals surface area contributed by atoms with Crippen molar-refractivity contribution in [3.05, 3.63) is 65.7 Å². The topological polar surface area (TPSA) is 93.7 Å². The van der Waals surface area contributed by atoms with E-state index < -0.39 is 24.0 Å². The molecule has 0 aliphatic carbocycles. The number of rotatable bonds is 8. The van der Waals surface area contributed by atoms with Crippen molar-refractivity contribution in [1.82, 2.24) is 10.6 Å². The van der Waals surface area contributed by atoms with Crippen LogP contribution < -0.4 is 15.4 Å². The first kappa shape index (κ1) is 21.0. The molecule has 1 atom stereocenters. The Bertz CT molecular complexity index is 807. The van der Waals surface area contributed by atoms with Gasteiger partial charge < -0.3 is 14.8 Å². The van der Waals surface area contributed by atoms with E-state index in [-0.39, 0.29) is 6.42 Å². The number of amides is 3. The highest BCUT2D eigenvalue weighted by molar-refractivity contribution is 5.97. The van der Waals surface area contributed by atoms with Crippen LogP contribution in [0.2, 0.25) is 0 Å². The number of aryl methyl sites for hydroxylation is 1.